The lowest BCUT2D eigenvalue weighted by Gasteiger charge is -2.27. The molecule has 4 rings (SSSR count). The molecule has 2 heteroatoms. The number of imidazole rings is 1. The van der Waals surface area contributed by atoms with Crippen LogP contribution in [0.1, 0.15) is 114 Å². The summed E-state index contributed by atoms with van der Waals surface area (Å²) in [5, 5.41) is 0. The summed E-state index contributed by atoms with van der Waals surface area (Å²) < 4.78 is 4.78. The molecular formula is C35H47N2+. The monoisotopic (exact) mass is 495 g/mol. The zero-order valence-electron chi connectivity index (χ0n) is 25.2. The third-order valence-electron chi connectivity index (χ3n) is 8.14. The minimum Gasteiger partial charge on any atom is -0.230 e. The van der Waals surface area contributed by atoms with E-state index < -0.39 is 0 Å². The van der Waals surface area contributed by atoms with Gasteiger partial charge in [0.1, 0.15) is 5.69 Å². The maximum atomic E-state index is 2.49. The van der Waals surface area contributed by atoms with Gasteiger partial charge in [0.25, 0.3) is 5.82 Å². The van der Waals surface area contributed by atoms with Gasteiger partial charge in [-0.25, -0.2) is 4.57 Å². The zero-order valence-corrected chi connectivity index (χ0v) is 25.2. The molecular weight excluding hydrogens is 448 g/mol. The molecule has 0 aliphatic heterocycles. The Balaban J connectivity index is 2.17. The fourth-order valence-electron chi connectivity index (χ4n) is 5.88. The van der Waals surface area contributed by atoms with E-state index >= 15 is 0 Å². The summed E-state index contributed by atoms with van der Waals surface area (Å²) in [5.74, 6) is 2.64. The Morgan fingerprint density at radius 1 is 0.757 bits per heavy atom. The average Bonchev–Trinajstić information content (AvgIpc) is 3.07. The topological polar surface area (TPSA) is 8.81 Å². The Labute approximate surface area is 225 Å². The van der Waals surface area contributed by atoms with E-state index in [0.717, 1.165) is 0 Å². The molecule has 0 unspecified atom stereocenters. The highest BCUT2D eigenvalue weighted by atomic mass is 15.2. The fourth-order valence-corrected chi connectivity index (χ4v) is 5.88. The van der Waals surface area contributed by atoms with Crippen molar-refractivity contribution in [1.82, 2.24) is 4.57 Å². The lowest BCUT2D eigenvalue weighted by atomic mass is 9.78. The predicted octanol–water partition coefficient (Wildman–Crippen LogP) is 9.41. The van der Waals surface area contributed by atoms with E-state index in [4.69, 9.17) is 0 Å². The number of benzene rings is 3. The van der Waals surface area contributed by atoms with Gasteiger partial charge in [0.2, 0.25) is 0 Å². The van der Waals surface area contributed by atoms with Crippen molar-refractivity contribution < 1.29 is 4.57 Å². The summed E-state index contributed by atoms with van der Waals surface area (Å²) in [6, 6.07) is 18.7. The number of aryl methyl sites for hydroxylation is 1. The Morgan fingerprint density at radius 3 is 1.84 bits per heavy atom. The van der Waals surface area contributed by atoms with E-state index in [2.05, 4.69) is 141 Å². The van der Waals surface area contributed by atoms with E-state index in [0.29, 0.717) is 17.8 Å². The summed E-state index contributed by atoms with van der Waals surface area (Å²) in [5.41, 5.74) is 13.7. The highest BCUT2D eigenvalue weighted by Crippen LogP contribution is 2.42. The number of para-hydroxylation sites is 2. The molecule has 2 nitrogen and oxygen atoms in total. The van der Waals surface area contributed by atoms with E-state index in [1.807, 2.05) is 0 Å². The maximum absolute atomic E-state index is 2.49. The van der Waals surface area contributed by atoms with Gasteiger partial charge in [-0.2, -0.15) is 4.57 Å². The first-order valence-corrected chi connectivity index (χ1v) is 14.0. The average molecular weight is 496 g/mol. The van der Waals surface area contributed by atoms with Gasteiger partial charge in [0.15, 0.2) is 11.0 Å². The van der Waals surface area contributed by atoms with Crippen LogP contribution in [0.5, 0.6) is 0 Å². The van der Waals surface area contributed by atoms with Gasteiger partial charge in [-0.1, -0.05) is 92.6 Å². The molecule has 0 N–H and O–H groups in total. The van der Waals surface area contributed by atoms with Gasteiger partial charge < -0.3 is 0 Å². The number of rotatable bonds is 5. The van der Waals surface area contributed by atoms with Crippen LogP contribution >= 0.6 is 0 Å². The molecule has 4 aromatic rings. The lowest BCUT2D eigenvalue weighted by molar-refractivity contribution is -0.652. The van der Waals surface area contributed by atoms with Crippen LogP contribution in [0.25, 0.3) is 27.8 Å². The van der Waals surface area contributed by atoms with Crippen LogP contribution in [0, 0.1) is 13.8 Å². The van der Waals surface area contributed by atoms with Gasteiger partial charge in [0.05, 0.1) is 7.05 Å². The van der Waals surface area contributed by atoms with Crippen LogP contribution < -0.4 is 4.57 Å². The molecule has 196 valence electrons. The second-order valence-corrected chi connectivity index (χ2v) is 12.9. The van der Waals surface area contributed by atoms with Gasteiger partial charge in [-0.3, -0.25) is 0 Å². The third kappa shape index (κ3) is 4.76. The highest BCUT2D eigenvalue weighted by Gasteiger charge is 2.28. The van der Waals surface area contributed by atoms with E-state index in [1.54, 1.807) is 0 Å². The van der Waals surface area contributed by atoms with Crippen LogP contribution in [0.2, 0.25) is 0 Å². The Bertz CT molecular complexity index is 1430. The van der Waals surface area contributed by atoms with E-state index in [1.165, 1.54) is 61.5 Å². The molecule has 0 amide bonds. The first kappa shape index (κ1) is 27.2. The molecule has 3 aromatic carbocycles. The van der Waals surface area contributed by atoms with Crippen molar-refractivity contribution in [1.29, 1.82) is 0 Å². The van der Waals surface area contributed by atoms with Crippen LogP contribution in [0.3, 0.4) is 0 Å². The SMILES string of the molecule is Cc1c(-n2c(C)[n+](C)c3ccccc32)cc(-c2c(C(C)C)cc(C(C)C)cc2C(C)C)cc1C(C)(C)C. The molecule has 0 saturated heterocycles. The minimum absolute atomic E-state index is 0.0295. The Kier molecular flexibility index (Phi) is 7.18. The van der Waals surface area contributed by atoms with Crippen molar-refractivity contribution in [3.05, 3.63) is 82.2 Å². The van der Waals surface area contributed by atoms with E-state index in [9.17, 15) is 0 Å². The lowest BCUT2D eigenvalue weighted by Crippen LogP contribution is -2.30. The summed E-state index contributed by atoms with van der Waals surface area (Å²) >= 11 is 0. The normalized spacial score (nSPS) is 12.5. The number of hydrogen-bond donors (Lipinski definition) is 0. The minimum atomic E-state index is 0.0295. The van der Waals surface area contributed by atoms with Gasteiger partial charge in [0, 0.05) is 12.5 Å². The molecule has 0 saturated carbocycles. The molecule has 0 radical (unpaired) electrons. The fraction of sp³-hybridized carbons (Fsp3) is 0.457. The number of nitrogens with zero attached hydrogens (tertiary/aromatic N) is 2. The molecule has 0 spiro atoms. The Hall–Kier alpha value is -2.87. The molecule has 0 atom stereocenters. The van der Waals surface area contributed by atoms with E-state index in [-0.39, 0.29) is 5.41 Å². The van der Waals surface area contributed by atoms with Crippen molar-refractivity contribution >= 4 is 11.0 Å². The highest BCUT2D eigenvalue weighted by molar-refractivity contribution is 5.80. The van der Waals surface area contributed by atoms with Crippen LogP contribution in [-0.4, -0.2) is 4.57 Å². The molecule has 0 fully saturated rings. The molecule has 0 aliphatic carbocycles. The molecule has 1 heterocycles. The molecule has 1 aromatic heterocycles. The largest absolute Gasteiger partial charge is 0.259 e. The maximum Gasteiger partial charge on any atom is 0.259 e. The van der Waals surface area contributed by atoms with Gasteiger partial charge in [-0.15, -0.1) is 0 Å². The zero-order chi connectivity index (χ0) is 27.4. The quantitative estimate of drug-likeness (QED) is 0.244. The second-order valence-electron chi connectivity index (χ2n) is 12.9. The van der Waals surface area contributed by atoms with Crippen molar-refractivity contribution in [3.8, 4) is 16.8 Å². The molecule has 37 heavy (non-hydrogen) atoms. The van der Waals surface area contributed by atoms with Crippen LogP contribution in [-0.2, 0) is 12.5 Å². The number of hydrogen-bond acceptors (Lipinski definition) is 0. The van der Waals surface area contributed by atoms with Crippen molar-refractivity contribution in [3.63, 3.8) is 0 Å². The van der Waals surface area contributed by atoms with Gasteiger partial charge in [-0.05, 0) is 81.7 Å². The number of fused-ring (bicyclic) bond motifs is 1. The van der Waals surface area contributed by atoms with Crippen molar-refractivity contribution in [2.75, 3.05) is 0 Å². The standard InChI is InChI=1S/C35H47N2/c1-21(2)26-17-28(22(3)4)34(29(18-26)23(5)6)27-19-30(35(9,10)11)24(7)33(20-27)37-25(8)36(12)31-15-13-14-16-32(31)37/h13-23H,1-12H3/q+1. The first-order chi connectivity index (χ1) is 17.2. The summed E-state index contributed by atoms with van der Waals surface area (Å²) in [6.07, 6.45) is 0. The number of aromatic nitrogens is 2. The summed E-state index contributed by atoms with van der Waals surface area (Å²) in [4.78, 5) is 0. The van der Waals surface area contributed by atoms with Crippen molar-refractivity contribution in [2.45, 2.75) is 99.3 Å². The van der Waals surface area contributed by atoms with Gasteiger partial charge >= 0.3 is 0 Å². The summed E-state index contributed by atoms with van der Waals surface area (Å²) in [7, 11) is 2.18. The van der Waals surface area contributed by atoms with Crippen molar-refractivity contribution in [2.24, 2.45) is 7.05 Å². The summed E-state index contributed by atoms with van der Waals surface area (Å²) in [6.45, 7) is 25.6. The second kappa shape index (κ2) is 9.78. The smallest absolute Gasteiger partial charge is 0.230 e. The Morgan fingerprint density at radius 2 is 1.32 bits per heavy atom. The molecule has 0 bridgehead atoms. The predicted molar refractivity (Wildman–Crippen MR) is 160 cm³/mol. The van der Waals surface area contributed by atoms with Crippen LogP contribution in [0.4, 0.5) is 0 Å². The third-order valence-corrected chi connectivity index (χ3v) is 8.14. The first-order valence-electron chi connectivity index (χ1n) is 14.0. The molecule has 0 aliphatic rings. The van der Waals surface area contributed by atoms with Crippen LogP contribution in [0.15, 0.2) is 48.5 Å².